The Bertz CT molecular complexity index is 395. The zero-order valence-corrected chi connectivity index (χ0v) is 14.5. The summed E-state index contributed by atoms with van der Waals surface area (Å²) in [6, 6.07) is -0.580. The predicted molar refractivity (Wildman–Crippen MR) is 88.3 cm³/mol. The molecule has 0 aromatic heterocycles. The largest absolute Gasteiger partial charge is 0.480 e. The molecule has 2 atom stereocenters. The average Bonchev–Trinajstić information content (AvgIpc) is 2.84. The van der Waals surface area contributed by atoms with Crippen molar-refractivity contribution < 1.29 is 19.4 Å². The molecule has 0 aliphatic carbocycles. The molecular formula is C16H31N3O4. The molecule has 1 saturated heterocycles. The molecule has 7 nitrogen and oxygen atoms in total. The highest BCUT2D eigenvalue weighted by atomic mass is 16.6. The molecule has 1 fully saturated rings. The van der Waals surface area contributed by atoms with Gasteiger partial charge in [0.15, 0.2) is 0 Å². The first-order chi connectivity index (χ1) is 10.7. The molecule has 4 N–H and O–H groups in total. The normalized spacial score (nSPS) is 20.3. The number of rotatable bonds is 8. The Balaban J connectivity index is 2.60. The van der Waals surface area contributed by atoms with E-state index in [1.165, 1.54) is 0 Å². The third-order valence-corrected chi connectivity index (χ3v) is 3.83. The molecule has 1 amide bonds. The first-order valence-corrected chi connectivity index (χ1v) is 8.39. The standard InChI is InChI=1S/C16H31N3O4/c1-16(2,3)23-15(22)18-12(7-4-5-9-17)11-19-10-6-8-13(19)14(20)21/h12-13H,4-11,17H2,1-3H3,(H,18,22)(H,20,21)/t12-,13+/m0/s1. The number of aliphatic carboxylic acids is 1. The summed E-state index contributed by atoms with van der Waals surface area (Å²) in [6.45, 7) is 7.34. The van der Waals surface area contributed by atoms with Crippen LogP contribution in [0.25, 0.3) is 0 Å². The molecule has 1 rings (SSSR count). The lowest BCUT2D eigenvalue weighted by Gasteiger charge is -2.28. The minimum atomic E-state index is -0.791. The Hall–Kier alpha value is -1.34. The molecule has 0 unspecified atom stereocenters. The van der Waals surface area contributed by atoms with Crippen LogP contribution in [0.4, 0.5) is 4.79 Å². The van der Waals surface area contributed by atoms with Crippen molar-refractivity contribution in [3.63, 3.8) is 0 Å². The molecule has 0 spiro atoms. The van der Waals surface area contributed by atoms with Crippen LogP contribution >= 0.6 is 0 Å². The first kappa shape index (κ1) is 19.7. The van der Waals surface area contributed by atoms with E-state index < -0.39 is 23.7 Å². The Morgan fingerprint density at radius 2 is 2.09 bits per heavy atom. The van der Waals surface area contributed by atoms with Gasteiger partial charge >= 0.3 is 12.1 Å². The molecule has 7 heteroatoms. The van der Waals surface area contributed by atoms with Gasteiger partial charge in [0.05, 0.1) is 0 Å². The van der Waals surface area contributed by atoms with Crippen LogP contribution in [0.2, 0.25) is 0 Å². The van der Waals surface area contributed by atoms with E-state index in [9.17, 15) is 14.7 Å². The van der Waals surface area contributed by atoms with E-state index in [1.807, 2.05) is 25.7 Å². The number of carbonyl (C=O) groups excluding carboxylic acids is 1. The zero-order valence-electron chi connectivity index (χ0n) is 14.5. The van der Waals surface area contributed by atoms with Gasteiger partial charge < -0.3 is 20.9 Å². The van der Waals surface area contributed by atoms with Crippen molar-refractivity contribution in [1.29, 1.82) is 0 Å². The van der Waals surface area contributed by atoms with Crippen molar-refractivity contribution in [3.05, 3.63) is 0 Å². The average molecular weight is 329 g/mol. The lowest BCUT2D eigenvalue weighted by atomic mass is 10.1. The number of nitrogens with one attached hydrogen (secondary N) is 1. The van der Waals surface area contributed by atoms with Crippen LogP contribution in [0.5, 0.6) is 0 Å². The van der Waals surface area contributed by atoms with Gasteiger partial charge in [0.2, 0.25) is 0 Å². The van der Waals surface area contributed by atoms with Gasteiger partial charge in [-0.05, 0) is 59.5 Å². The second kappa shape index (κ2) is 9.08. The lowest BCUT2D eigenvalue weighted by molar-refractivity contribution is -0.142. The number of carboxylic acid groups (broad SMARTS) is 1. The smallest absolute Gasteiger partial charge is 0.407 e. The summed E-state index contributed by atoms with van der Waals surface area (Å²) < 4.78 is 5.30. The predicted octanol–water partition coefficient (Wildman–Crippen LogP) is 1.56. The van der Waals surface area contributed by atoms with Crippen molar-refractivity contribution in [2.75, 3.05) is 19.6 Å². The fourth-order valence-electron chi connectivity index (χ4n) is 2.83. The Morgan fingerprint density at radius 3 is 2.65 bits per heavy atom. The van der Waals surface area contributed by atoms with Gasteiger partial charge in [-0.2, -0.15) is 0 Å². The molecule has 0 aromatic rings. The van der Waals surface area contributed by atoms with E-state index in [2.05, 4.69) is 5.32 Å². The molecule has 0 bridgehead atoms. The summed E-state index contributed by atoms with van der Waals surface area (Å²) in [7, 11) is 0. The maximum Gasteiger partial charge on any atom is 0.407 e. The van der Waals surface area contributed by atoms with Gasteiger partial charge in [-0.1, -0.05) is 6.42 Å². The van der Waals surface area contributed by atoms with Crippen LogP contribution in [0.3, 0.4) is 0 Å². The minimum Gasteiger partial charge on any atom is -0.480 e. The van der Waals surface area contributed by atoms with Crippen LogP contribution < -0.4 is 11.1 Å². The number of carbonyl (C=O) groups is 2. The molecule has 1 aliphatic rings. The number of hydrogen-bond acceptors (Lipinski definition) is 5. The fraction of sp³-hybridized carbons (Fsp3) is 0.875. The van der Waals surface area contributed by atoms with Crippen molar-refractivity contribution in [1.82, 2.24) is 10.2 Å². The Labute approximate surface area is 138 Å². The first-order valence-electron chi connectivity index (χ1n) is 8.39. The number of likely N-dealkylation sites (tertiary alicyclic amines) is 1. The number of carboxylic acids is 1. The highest BCUT2D eigenvalue weighted by Crippen LogP contribution is 2.19. The number of hydrogen-bond donors (Lipinski definition) is 3. The summed E-state index contributed by atoms with van der Waals surface area (Å²) in [4.78, 5) is 25.2. The second-order valence-electron chi connectivity index (χ2n) is 7.12. The van der Waals surface area contributed by atoms with Crippen molar-refractivity contribution in [3.8, 4) is 0 Å². The number of alkyl carbamates (subject to hydrolysis) is 1. The minimum absolute atomic E-state index is 0.128. The van der Waals surface area contributed by atoms with Gasteiger partial charge in [-0.15, -0.1) is 0 Å². The molecule has 1 aliphatic heterocycles. The summed E-state index contributed by atoms with van der Waals surface area (Å²) in [6.07, 6.45) is 3.62. The summed E-state index contributed by atoms with van der Waals surface area (Å²) in [5, 5.41) is 12.2. The second-order valence-corrected chi connectivity index (χ2v) is 7.12. The van der Waals surface area contributed by atoms with Crippen LogP contribution in [-0.2, 0) is 9.53 Å². The van der Waals surface area contributed by atoms with E-state index in [0.717, 1.165) is 32.2 Å². The molecule has 23 heavy (non-hydrogen) atoms. The quantitative estimate of drug-likeness (QED) is 0.584. The Kier molecular flexibility index (Phi) is 7.78. The summed E-state index contributed by atoms with van der Waals surface area (Å²) in [5.41, 5.74) is 4.97. The van der Waals surface area contributed by atoms with Crippen LogP contribution in [0.15, 0.2) is 0 Å². The van der Waals surface area contributed by atoms with E-state index in [4.69, 9.17) is 10.5 Å². The highest BCUT2D eigenvalue weighted by Gasteiger charge is 2.32. The third-order valence-electron chi connectivity index (χ3n) is 3.83. The van der Waals surface area contributed by atoms with E-state index in [0.29, 0.717) is 19.5 Å². The molecule has 0 radical (unpaired) electrons. The Morgan fingerprint density at radius 1 is 1.39 bits per heavy atom. The zero-order chi connectivity index (χ0) is 17.5. The van der Waals surface area contributed by atoms with Crippen molar-refractivity contribution in [2.45, 2.75) is 70.6 Å². The molecule has 0 aromatic carbocycles. The SMILES string of the molecule is CC(C)(C)OC(=O)N[C@@H](CCCCN)CN1CCC[C@@H]1C(=O)O. The maximum atomic E-state index is 12.0. The van der Waals surface area contributed by atoms with Crippen LogP contribution in [-0.4, -0.2) is 59.4 Å². The molecular weight excluding hydrogens is 298 g/mol. The number of unbranched alkanes of at least 4 members (excludes halogenated alkanes) is 1. The topological polar surface area (TPSA) is 105 Å². The van der Waals surface area contributed by atoms with Gasteiger partial charge in [0.25, 0.3) is 0 Å². The summed E-state index contributed by atoms with van der Waals surface area (Å²) in [5.74, 6) is -0.791. The van der Waals surface area contributed by atoms with Crippen molar-refractivity contribution >= 4 is 12.1 Å². The van der Waals surface area contributed by atoms with Crippen LogP contribution in [0, 0.1) is 0 Å². The van der Waals surface area contributed by atoms with Crippen molar-refractivity contribution in [2.24, 2.45) is 5.73 Å². The number of nitrogens with two attached hydrogens (primary N) is 1. The van der Waals surface area contributed by atoms with Gasteiger partial charge in [0.1, 0.15) is 11.6 Å². The molecule has 1 heterocycles. The third kappa shape index (κ3) is 7.65. The fourth-order valence-corrected chi connectivity index (χ4v) is 2.83. The van der Waals surface area contributed by atoms with E-state index in [-0.39, 0.29) is 6.04 Å². The number of nitrogens with zero attached hydrogens (tertiary/aromatic N) is 1. The number of amides is 1. The number of ether oxygens (including phenoxy) is 1. The molecule has 0 saturated carbocycles. The molecule has 134 valence electrons. The van der Waals surface area contributed by atoms with Gasteiger partial charge in [0, 0.05) is 12.6 Å². The summed E-state index contributed by atoms with van der Waals surface area (Å²) >= 11 is 0. The van der Waals surface area contributed by atoms with Crippen LogP contribution in [0.1, 0.15) is 52.9 Å². The van der Waals surface area contributed by atoms with Gasteiger partial charge in [-0.25, -0.2) is 4.79 Å². The van der Waals surface area contributed by atoms with E-state index in [1.54, 1.807) is 0 Å². The maximum absolute atomic E-state index is 12.0. The monoisotopic (exact) mass is 329 g/mol. The lowest BCUT2D eigenvalue weighted by Crippen LogP contribution is -2.48. The highest BCUT2D eigenvalue weighted by molar-refractivity contribution is 5.73. The van der Waals surface area contributed by atoms with E-state index >= 15 is 0 Å². The van der Waals surface area contributed by atoms with Gasteiger partial charge in [-0.3, -0.25) is 9.69 Å².